The highest BCUT2D eigenvalue weighted by atomic mass is 19.2. The highest BCUT2D eigenvalue weighted by Crippen LogP contribution is 2.26. The Bertz CT molecular complexity index is 709. The lowest BCUT2D eigenvalue weighted by Crippen LogP contribution is -1.95. The van der Waals surface area contributed by atoms with E-state index in [1.54, 1.807) is 0 Å². The summed E-state index contributed by atoms with van der Waals surface area (Å²) < 4.78 is 30.7. The molecule has 0 aromatic heterocycles. The summed E-state index contributed by atoms with van der Waals surface area (Å²) in [4.78, 5) is 12.0. The Balaban J connectivity index is 2.20. The second-order valence-electron chi connectivity index (χ2n) is 4.26. The minimum absolute atomic E-state index is 0.0707. The number of hydrogen-bond acceptors (Lipinski definition) is 3. The van der Waals surface area contributed by atoms with Gasteiger partial charge in [-0.15, -0.1) is 0 Å². The first kappa shape index (κ1) is 14.7. The number of carbonyl (C=O) groups excluding carboxylic acids is 1. The van der Waals surface area contributed by atoms with Gasteiger partial charge >= 0.3 is 0 Å². The quantitative estimate of drug-likeness (QED) is 0.691. The number of rotatable bonds is 4. The molecule has 0 fully saturated rings. The van der Waals surface area contributed by atoms with Crippen LogP contribution in [0.25, 0.3) is 6.08 Å². The van der Waals surface area contributed by atoms with Crippen molar-refractivity contribution in [2.75, 3.05) is 7.11 Å². The van der Waals surface area contributed by atoms with Crippen molar-refractivity contribution in [3.63, 3.8) is 0 Å². The van der Waals surface area contributed by atoms with E-state index in [0.717, 1.165) is 12.1 Å². The van der Waals surface area contributed by atoms with Gasteiger partial charge < -0.3 is 9.84 Å². The third-order valence-corrected chi connectivity index (χ3v) is 2.84. The number of phenols is 1. The second kappa shape index (κ2) is 6.17. The van der Waals surface area contributed by atoms with Gasteiger partial charge in [-0.25, -0.2) is 8.78 Å². The number of phenolic OH excluding ortho intramolecular Hbond substituents is 1. The molecule has 0 saturated heterocycles. The largest absolute Gasteiger partial charge is 0.504 e. The minimum Gasteiger partial charge on any atom is -0.504 e. The number of ketones is 1. The fourth-order valence-electron chi connectivity index (χ4n) is 1.72. The van der Waals surface area contributed by atoms with Gasteiger partial charge in [-0.3, -0.25) is 4.79 Å². The Labute approximate surface area is 120 Å². The average molecular weight is 290 g/mol. The molecule has 0 spiro atoms. The van der Waals surface area contributed by atoms with E-state index in [-0.39, 0.29) is 17.3 Å². The van der Waals surface area contributed by atoms with Crippen molar-refractivity contribution in [1.82, 2.24) is 0 Å². The van der Waals surface area contributed by atoms with Crippen molar-refractivity contribution in [2.45, 2.75) is 0 Å². The molecule has 0 saturated carbocycles. The van der Waals surface area contributed by atoms with Gasteiger partial charge in [-0.2, -0.15) is 0 Å². The second-order valence-corrected chi connectivity index (χ2v) is 4.26. The fourth-order valence-corrected chi connectivity index (χ4v) is 1.72. The van der Waals surface area contributed by atoms with Crippen molar-refractivity contribution in [1.29, 1.82) is 0 Å². The summed E-state index contributed by atoms with van der Waals surface area (Å²) in [6.07, 6.45) is 2.61. The van der Waals surface area contributed by atoms with Crippen molar-refractivity contribution >= 4 is 11.9 Å². The summed E-state index contributed by atoms with van der Waals surface area (Å²) in [5.41, 5.74) is 0.677. The lowest BCUT2D eigenvalue weighted by atomic mass is 10.1. The molecule has 0 aliphatic carbocycles. The molecule has 2 aromatic carbocycles. The van der Waals surface area contributed by atoms with Crippen LogP contribution in [0.1, 0.15) is 15.9 Å². The van der Waals surface area contributed by atoms with Crippen molar-refractivity contribution in [2.24, 2.45) is 0 Å². The molecule has 0 aliphatic heterocycles. The molecule has 0 atom stereocenters. The van der Waals surface area contributed by atoms with Gasteiger partial charge in [0.05, 0.1) is 7.11 Å². The number of carbonyl (C=O) groups is 1. The van der Waals surface area contributed by atoms with Crippen molar-refractivity contribution < 1.29 is 23.4 Å². The SMILES string of the molecule is COc1cc(C(=O)/C=C/c2ccc(F)c(F)c2)ccc1O. The molecule has 0 aliphatic rings. The Kier molecular flexibility index (Phi) is 4.33. The van der Waals surface area contributed by atoms with Crippen LogP contribution in [-0.2, 0) is 0 Å². The molecular weight excluding hydrogens is 278 g/mol. The molecule has 108 valence electrons. The maximum absolute atomic E-state index is 13.0. The highest BCUT2D eigenvalue weighted by molar-refractivity contribution is 6.07. The number of hydrogen-bond donors (Lipinski definition) is 1. The molecular formula is C16H12F2O3. The van der Waals surface area contributed by atoms with Crippen LogP contribution in [0.5, 0.6) is 11.5 Å². The van der Waals surface area contributed by atoms with Crippen LogP contribution in [0.2, 0.25) is 0 Å². The first-order valence-corrected chi connectivity index (χ1v) is 6.05. The zero-order chi connectivity index (χ0) is 15.4. The summed E-state index contributed by atoms with van der Waals surface area (Å²) in [7, 11) is 1.38. The average Bonchev–Trinajstić information content (AvgIpc) is 2.48. The van der Waals surface area contributed by atoms with Gasteiger partial charge in [0.1, 0.15) is 0 Å². The molecule has 5 heteroatoms. The number of halogens is 2. The number of methoxy groups -OCH3 is 1. The summed E-state index contributed by atoms with van der Waals surface area (Å²) in [5.74, 6) is -2.16. The van der Waals surface area contributed by atoms with Gasteiger partial charge in [-0.1, -0.05) is 12.1 Å². The third kappa shape index (κ3) is 3.45. The number of benzene rings is 2. The Morgan fingerprint density at radius 3 is 2.57 bits per heavy atom. The molecule has 3 nitrogen and oxygen atoms in total. The van der Waals surface area contributed by atoms with E-state index in [1.165, 1.54) is 43.5 Å². The predicted octanol–water partition coefficient (Wildman–Crippen LogP) is 3.58. The minimum atomic E-state index is -0.976. The first-order chi connectivity index (χ1) is 10.0. The smallest absolute Gasteiger partial charge is 0.185 e. The van der Waals surface area contributed by atoms with Crippen molar-refractivity contribution in [3.05, 3.63) is 65.2 Å². The van der Waals surface area contributed by atoms with Crippen molar-refractivity contribution in [3.8, 4) is 11.5 Å². The molecule has 2 aromatic rings. The number of allylic oxidation sites excluding steroid dienone is 1. The maximum Gasteiger partial charge on any atom is 0.185 e. The van der Waals surface area contributed by atoms with Gasteiger partial charge in [0.2, 0.25) is 0 Å². The number of ether oxygens (including phenoxy) is 1. The lowest BCUT2D eigenvalue weighted by molar-refractivity contribution is 0.104. The van der Waals surface area contributed by atoms with Crippen LogP contribution in [0, 0.1) is 11.6 Å². The topological polar surface area (TPSA) is 46.5 Å². The lowest BCUT2D eigenvalue weighted by Gasteiger charge is -2.04. The van der Waals surface area contributed by atoms with Crippen LogP contribution in [-0.4, -0.2) is 18.0 Å². The highest BCUT2D eigenvalue weighted by Gasteiger charge is 2.07. The van der Waals surface area contributed by atoms with Crippen LogP contribution in [0.15, 0.2) is 42.5 Å². The van der Waals surface area contributed by atoms with Gasteiger partial charge in [0.25, 0.3) is 0 Å². The zero-order valence-corrected chi connectivity index (χ0v) is 11.1. The monoisotopic (exact) mass is 290 g/mol. The summed E-state index contributed by atoms with van der Waals surface area (Å²) in [5, 5.41) is 9.45. The molecule has 1 N–H and O–H groups in total. The third-order valence-electron chi connectivity index (χ3n) is 2.84. The molecule has 0 radical (unpaired) electrons. The van der Waals surface area contributed by atoms with Crippen LogP contribution in [0.4, 0.5) is 8.78 Å². The summed E-state index contributed by atoms with van der Waals surface area (Å²) in [6.45, 7) is 0. The first-order valence-electron chi connectivity index (χ1n) is 6.05. The van der Waals surface area contributed by atoms with Crippen LogP contribution < -0.4 is 4.74 Å². The zero-order valence-electron chi connectivity index (χ0n) is 11.1. The molecule has 0 amide bonds. The maximum atomic E-state index is 13.0. The summed E-state index contributed by atoms with van der Waals surface area (Å²) >= 11 is 0. The van der Waals surface area contributed by atoms with Crippen LogP contribution >= 0.6 is 0 Å². The molecule has 0 bridgehead atoms. The number of aromatic hydroxyl groups is 1. The predicted molar refractivity (Wildman–Crippen MR) is 74.4 cm³/mol. The summed E-state index contributed by atoms with van der Waals surface area (Å²) in [6, 6.07) is 7.53. The Morgan fingerprint density at radius 1 is 1.14 bits per heavy atom. The molecule has 0 unspecified atom stereocenters. The molecule has 0 heterocycles. The fraction of sp³-hybridized carbons (Fsp3) is 0.0625. The standard InChI is InChI=1S/C16H12F2O3/c1-21-16-9-11(4-7-15(16)20)14(19)6-3-10-2-5-12(17)13(18)8-10/h2-9,20H,1H3/b6-3+. The van der Waals surface area contributed by atoms with Crippen LogP contribution in [0.3, 0.4) is 0 Å². The van der Waals surface area contributed by atoms with Gasteiger partial charge in [0, 0.05) is 5.56 Å². The van der Waals surface area contributed by atoms with Gasteiger partial charge in [-0.05, 0) is 42.0 Å². The normalized spacial score (nSPS) is 10.8. The van der Waals surface area contributed by atoms with E-state index < -0.39 is 11.6 Å². The molecule has 2 rings (SSSR count). The van der Waals surface area contributed by atoms with E-state index in [2.05, 4.69) is 0 Å². The van der Waals surface area contributed by atoms with E-state index in [4.69, 9.17) is 4.74 Å². The molecule has 21 heavy (non-hydrogen) atoms. The Morgan fingerprint density at radius 2 is 1.90 bits per heavy atom. The van der Waals surface area contributed by atoms with Gasteiger partial charge in [0.15, 0.2) is 28.9 Å². The van der Waals surface area contributed by atoms with E-state index in [0.29, 0.717) is 11.1 Å². The van der Waals surface area contributed by atoms with E-state index in [1.807, 2.05) is 0 Å². The van der Waals surface area contributed by atoms with E-state index >= 15 is 0 Å². The van der Waals surface area contributed by atoms with E-state index in [9.17, 15) is 18.7 Å². The Hall–Kier alpha value is -2.69.